The number of carbonyl (C=O) groups excluding carboxylic acids is 1. The van der Waals surface area contributed by atoms with E-state index in [4.69, 9.17) is 10.5 Å². The monoisotopic (exact) mass is 292 g/mol. The third kappa shape index (κ3) is 3.11. The molecule has 0 bridgehead atoms. The van der Waals surface area contributed by atoms with Crippen molar-refractivity contribution in [1.29, 1.82) is 0 Å². The highest BCUT2D eigenvalue weighted by molar-refractivity contribution is 7.21. The third-order valence-corrected chi connectivity index (χ3v) is 4.54. The first-order chi connectivity index (χ1) is 9.67. The molecule has 0 aliphatic heterocycles. The fourth-order valence-corrected chi connectivity index (χ4v) is 3.20. The van der Waals surface area contributed by atoms with Crippen LogP contribution in [0.4, 0.5) is 0 Å². The SMILES string of the molecule is COc1ccc2sc(C(=O)NCCCCN)c(C)c2c1. The lowest BCUT2D eigenvalue weighted by atomic mass is 10.1. The summed E-state index contributed by atoms with van der Waals surface area (Å²) in [5.41, 5.74) is 6.45. The predicted octanol–water partition coefficient (Wildman–Crippen LogP) is 2.69. The van der Waals surface area contributed by atoms with Gasteiger partial charge in [-0.15, -0.1) is 11.3 Å². The number of aryl methyl sites for hydroxylation is 1. The van der Waals surface area contributed by atoms with Gasteiger partial charge in [-0.25, -0.2) is 0 Å². The Morgan fingerprint density at radius 2 is 2.20 bits per heavy atom. The summed E-state index contributed by atoms with van der Waals surface area (Å²) >= 11 is 1.52. The number of benzene rings is 1. The molecule has 0 fully saturated rings. The van der Waals surface area contributed by atoms with Crippen LogP contribution >= 0.6 is 11.3 Å². The average Bonchev–Trinajstić information content (AvgIpc) is 2.80. The maximum atomic E-state index is 12.2. The molecule has 0 spiro atoms. The number of unbranched alkanes of at least 4 members (excludes halogenated alkanes) is 1. The Balaban J connectivity index is 2.17. The molecule has 1 heterocycles. The summed E-state index contributed by atoms with van der Waals surface area (Å²) in [6, 6.07) is 5.89. The second kappa shape index (κ2) is 6.72. The van der Waals surface area contributed by atoms with Crippen LogP contribution in [-0.4, -0.2) is 26.1 Å². The van der Waals surface area contributed by atoms with E-state index < -0.39 is 0 Å². The molecule has 3 N–H and O–H groups in total. The molecule has 108 valence electrons. The van der Waals surface area contributed by atoms with Crippen molar-refractivity contribution in [2.24, 2.45) is 5.73 Å². The van der Waals surface area contributed by atoms with E-state index in [-0.39, 0.29) is 5.91 Å². The Hall–Kier alpha value is -1.59. The number of thiophene rings is 1. The molecule has 0 unspecified atom stereocenters. The Kier molecular flexibility index (Phi) is 4.98. The molecular weight excluding hydrogens is 272 g/mol. The van der Waals surface area contributed by atoms with E-state index in [2.05, 4.69) is 5.32 Å². The van der Waals surface area contributed by atoms with Crippen LogP contribution in [0.15, 0.2) is 18.2 Å². The van der Waals surface area contributed by atoms with Crippen molar-refractivity contribution in [3.8, 4) is 5.75 Å². The zero-order chi connectivity index (χ0) is 14.5. The van der Waals surface area contributed by atoms with Gasteiger partial charge >= 0.3 is 0 Å². The largest absolute Gasteiger partial charge is 0.497 e. The molecule has 0 aliphatic rings. The number of hydrogen-bond donors (Lipinski definition) is 2. The van der Waals surface area contributed by atoms with Gasteiger partial charge in [0.2, 0.25) is 0 Å². The summed E-state index contributed by atoms with van der Waals surface area (Å²) in [6.07, 6.45) is 1.85. The van der Waals surface area contributed by atoms with Crippen LogP contribution in [0.25, 0.3) is 10.1 Å². The van der Waals surface area contributed by atoms with Gasteiger partial charge in [-0.05, 0) is 55.5 Å². The number of methoxy groups -OCH3 is 1. The molecular formula is C15H20N2O2S. The fraction of sp³-hybridized carbons (Fsp3) is 0.400. The lowest BCUT2D eigenvalue weighted by Gasteiger charge is -2.03. The predicted molar refractivity (Wildman–Crippen MR) is 83.7 cm³/mol. The molecule has 1 aromatic carbocycles. The standard InChI is InChI=1S/C15H20N2O2S/c1-10-12-9-11(19-2)5-6-13(12)20-14(10)15(18)17-8-4-3-7-16/h5-6,9H,3-4,7-8,16H2,1-2H3,(H,17,18). The minimum Gasteiger partial charge on any atom is -0.497 e. The summed E-state index contributed by atoms with van der Waals surface area (Å²) in [5, 5.41) is 4.03. The van der Waals surface area contributed by atoms with E-state index in [9.17, 15) is 4.79 Å². The Morgan fingerprint density at radius 1 is 1.40 bits per heavy atom. The third-order valence-electron chi connectivity index (χ3n) is 3.27. The Bertz CT molecular complexity index is 607. The first-order valence-corrected chi connectivity index (χ1v) is 7.54. The summed E-state index contributed by atoms with van der Waals surface area (Å²) < 4.78 is 6.34. The van der Waals surface area contributed by atoms with Gasteiger partial charge in [0.05, 0.1) is 12.0 Å². The van der Waals surface area contributed by atoms with E-state index in [0.29, 0.717) is 13.1 Å². The molecule has 0 saturated carbocycles. The highest BCUT2D eigenvalue weighted by Gasteiger charge is 2.15. The lowest BCUT2D eigenvalue weighted by Crippen LogP contribution is -2.24. The highest BCUT2D eigenvalue weighted by atomic mass is 32.1. The second-order valence-corrected chi connectivity index (χ2v) is 5.72. The number of ether oxygens (including phenoxy) is 1. The fourth-order valence-electron chi connectivity index (χ4n) is 2.10. The quantitative estimate of drug-likeness (QED) is 0.805. The van der Waals surface area contributed by atoms with Crippen molar-refractivity contribution in [2.75, 3.05) is 20.2 Å². The molecule has 1 aromatic heterocycles. The Morgan fingerprint density at radius 3 is 2.90 bits per heavy atom. The number of amides is 1. The van der Waals surface area contributed by atoms with Crippen molar-refractivity contribution in [1.82, 2.24) is 5.32 Å². The molecule has 0 saturated heterocycles. The molecule has 5 heteroatoms. The summed E-state index contributed by atoms with van der Waals surface area (Å²) in [6.45, 7) is 3.32. The van der Waals surface area contributed by atoms with Gasteiger partial charge in [-0.1, -0.05) is 0 Å². The zero-order valence-corrected chi connectivity index (χ0v) is 12.7. The number of fused-ring (bicyclic) bond motifs is 1. The maximum Gasteiger partial charge on any atom is 0.261 e. The van der Waals surface area contributed by atoms with Crippen molar-refractivity contribution < 1.29 is 9.53 Å². The normalized spacial score (nSPS) is 10.8. The van der Waals surface area contributed by atoms with Crippen LogP contribution in [0, 0.1) is 6.92 Å². The van der Waals surface area contributed by atoms with E-state index >= 15 is 0 Å². The second-order valence-electron chi connectivity index (χ2n) is 4.67. The van der Waals surface area contributed by atoms with E-state index in [1.165, 1.54) is 11.3 Å². The van der Waals surface area contributed by atoms with Crippen molar-refractivity contribution in [2.45, 2.75) is 19.8 Å². The summed E-state index contributed by atoms with van der Waals surface area (Å²) in [4.78, 5) is 13.0. The number of rotatable bonds is 6. The van der Waals surface area contributed by atoms with Crippen LogP contribution in [-0.2, 0) is 0 Å². The zero-order valence-electron chi connectivity index (χ0n) is 11.9. The van der Waals surface area contributed by atoms with Gasteiger partial charge in [0.15, 0.2) is 0 Å². The summed E-state index contributed by atoms with van der Waals surface area (Å²) in [5.74, 6) is 0.813. The van der Waals surface area contributed by atoms with Crippen LogP contribution in [0.3, 0.4) is 0 Å². The number of nitrogens with one attached hydrogen (secondary N) is 1. The smallest absolute Gasteiger partial charge is 0.261 e. The van der Waals surface area contributed by atoms with Gasteiger partial charge in [0.25, 0.3) is 5.91 Å². The number of hydrogen-bond acceptors (Lipinski definition) is 4. The van der Waals surface area contributed by atoms with Crippen molar-refractivity contribution in [3.05, 3.63) is 28.6 Å². The average molecular weight is 292 g/mol. The molecule has 20 heavy (non-hydrogen) atoms. The Labute approximate surface area is 122 Å². The first-order valence-electron chi connectivity index (χ1n) is 6.72. The number of nitrogens with two attached hydrogens (primary N) is 1. The molecule has 2 rings (SSSR count). The molecule has 0 atom stereocenters. The minimum atomic E-state index is -0.000289. The maximum absolute atomic E-state index is 12.2. The van der Waals surface area contributed by atoms with Crippen LogP contribution < -0.4 is 15.8 Å². The van der Waals surface area contributed by atoms with Gasteiger partial charge < -0.3 is 15.8 Å². The van der Waals surface area contributed by atoms with Gasteiger partial charge in [0.1, 0.15) is 5.75 Å². The minimum absolute atomic E-state index is 0.000289. The number of carbonyl (C=O) groups is 1. The van der Waals surface area contributed by atoms with Crippen LogP contribution in [0.1, 0.15) is 28.1 Å². The summed E-state index contributed by atoms with van der Waals surface area (Å²) in [7, 11) is 1.65. The first kappa shape index (κ1) is 14.8. The molecule has 0 aliphatic carbocycles. The van der Waals surface area contributed by atoms with Gasteiger partial charge in [0, 0.05) is 11.2 Å². The van der Waals surface area contributed by atoms with Gasteiger partial charge in [-0.2, -0.15) is 0 Å². The van der Waals surface area contributed by atoms with Crippen molar-refractivity contribution in [3.63, 3.8) is 0 Å². The van der Waals surface area contributed by atoms with E-state index in [1.807, 2.05) is 25.1 Å². The molecule has 2 aromatic rings. The molecule has 4 nitrogen and oxygen atoms in total. The highest BCUT2D eigenvalue weighted by Crippen LogP contribution is 2.33. The van der Waals surface area contributed by atoms with Gasteiger partial charge in [-0.3, -0.25) is 4.79 Å². The molecule has 0 radical (unpaired) electrons. The van der Waals surface area contributed by atoms with Crippen molar-refractivity contribution >= 4 is 27.3 Å². The topological polar surface area (TPSA) is 64.3 Å². The lowest BCUT2D eigenvalue weighted by molar-refractivity contribution is 0.0956. The molecule has 1 amide bonds. The van der Waals surface area contributed by atoms with E-state index in [0.717, 1.165) is 39.1 Å². The van der Waals surface area contributed by atoms with Crippen LogP contribution in [0.5, 0.6) is 5.75 Å². The van der Waals surface area contributed by atoms with Crippen LogP contribution in [0.2, 0.25) is 0 Å². The van der Waals surface area contributed by atoms with E-state index in [1.54, 1.807) is 7.11 Å².